The summed E-state index contributed by atoms with van der Waals surface area (Å²) in [5.41, 5.74) is 2.46. The number of nitrogens with zero attached hydrogens (tertiary/aromatic N) is 2. The molecule has 0 N–H and O–H groups in total. The molecule has 0 bridgehead atoms. The van der Waals surface area contributed by atoms with Crippen LogP contribution >= 0.6 is 0 Å². The first kappa shape index (κ1) is 14.2. The Labute approximate surface area is 116 Å². The van der Waals surface area contributed by atoms with E-state index in [9.17, 15) is 0 Å². The standard InChI is InChI=1S/C17H26N2/c1-15(2,3)11-9-10-12(16(4,5)6)14-13(11)18-17(7,8)19-14/h9-10H,1-8H3. The Bertz CT molecular complexity index is 568. The number of rotatable bonds is 0. The molecule has 0 radical (unpaired) electrons. The number of benzene rings is 1. The van der Waals surface area contributed by atoms with Gasteiger partial charge in [-0.2, -0.15) is 0 Å². The molecule has 19 heavy (non-hydrogen) atoms. The first-order valence-electron chi connectivity index (χ1n) is 7.06. The van der Waals surface area contributed by atoms with Gasteiger partial charge in [0.2, 0.25) is 0 Å². The molecule has 0 atom stereocenters. The highest BCUT2D eigenvalue weighted by atomic mass is 15.1. The minimum atomic E-state index is -0.330. The topological polar surface area (TPSA) is 24.7 Å². The molecule has 1 aliphatic heterocycles. The van der Waals surface area contributed by atoms with Gasteiger partial charge in [-0.15, -0.1) is 0 Å². The van der Waals surface area contributed by atoms with Crippen LogP contribution in [0.15, 0.2) is 22.1 Å². The van der Waals surface area contributed by atoms with E-state index in [4.69, 9.17) is 9.98 Å². The summed E-state index contributed by atoms with van der Waals surface area (Å²) in [7, 11) is 0. The Morgan fingerprint density at radius 1 is 0.737 bits per heavy atom. The van der Waals surface area contributed by atoms with Crippen LogP contribution in [0.5, 0.6) is 0 Å². The van der Waals surface area contributed by atoms with E-state index in [1.807, 2.05) is 0 Å². The van der Waals surface area contributed by atoms with E-state index < -0.39 is 0 Å². The second kappa shape index (κ2) is 3.91. The SMILES string of the molecule is CC1(C)N=c2c(C(C)(C)C)ccc(C(C)(C)C)c2=N1. The van der Waals surface area contributed by atoms with E-state index in [0.717, 1.165) is 10.7 Å². The summed E-state index contributed by atoms with van der Waals surface area (Å²) < 4.78 is 0. The van der Waals surface area contributed by atoms with E-state index in [1.54, 1.807) is 0 Å². The molecule has 0 saturated carbocycles. The van der Waals surface area contributed by atoms with Gasteiger partial charge in [0.15, 0.2) is 0 Å². The third-order valence-corrected chi connectivity index (χ3v) is 3.54. The molecule has 2 rings (SSSR count). The Balaban J connectivity index is 2.88. The van der Waals surface area contributed by atoms with Crippen molar-refractivity contribution in [2.75, 3.05) is 0 Å². The fourth-order valence-electron chi connectivity index (χ4n) is 2.59. The summed E-state index contributed by atoms with van der Waals surface area (Å²) in [6.45, 7) is 17.6. The molecule has 1 aliphatic rings. The first-order chi connectivity index (χ1) is 8.42. The minimum Gasteiger partial charge on any atom is -0.254 e. The van der Waals surface area contributed by atoms with Crippen molar-refractivity contribution < 1.29 is 0 Å². The summed E-state index contributed by atoms with van der Waals surface area (Å²) in [5.74, 6) is 0. The minimum absolute atomic E-state index is 0.0972. The van der Waals surface area contributed by atoms with Crippen LogP contribution in [0.25, 0.3) is 0 Å². The molecule has 0 amide bonds. The van der Waals surface area contributed by atoms with Gasteiger partial charge in [0.1, 0.15) is 5.66 Å². The number of hydrogen-bond acceptors (Lipinski definition) is 2. The maximum absolute atomic E-state index is 4.86. The summed E-state index contributed by atoms with van der Waals surface area (Å²) in [6, 6.07) is 4.47. The van der Waals surface area contributed by atoms with Crippen LogP contribution < -0.4 is 10.7 Å². The van der Waals surface area contributed by atoms with Crippen LogP contribution in [0.3, 0.4) is 0 Å². The van der Waals surface area contributed by atoms with Gasteiger partial charge in [0.25, 0.3) is 0 Å². The smallest absolute Gasteiger partial charge is 0.146 e. The number of hydrogen-bond donors (Lipinski definition) is 0. The molecule has 2 nitrogen and oxygen atoms in total. The molecule has 1 aromatic carbocycles. The van der Waals surface area contributed by atoms with Crippen molar-refractivity contribution >= 4 is 0 Å². The van der Waals surface area contributed by atoms with Crippen molar-refractivity contribution in [2.45, 2.75) is 71.9 Å². The largest absolute Gasteiger partial charge is 0.254 e. The third kappa shape index (κ3) is 2.58. The molecule has 1 heterocycles. The van der Waals surface area contributed by atoms with Crippen LogP contribution in [0.4, 0.5) is 0 Å². The molecule has 0 aromatic heterocycles. The average Bonchev–Trinajstić information content (AvgIpc) is 2.46. The van der Waals surface area contributed by atoms with Crippen molar-refractivity contribution in [3.05, 3.63) is 34.0 Å². The maximum Gasteiger partial charge on any atom is 0.146 e. The van der Waals surface area contributed by atoms with Crippen LogP contribution in [-0.2, 0) is 10.8 Å². The quantitative estimate of drug-likeness (QED) is 0.682. The monoisotopic (exact) mass is 258 g/mol. The molecule has 0 unspecified atom stereocenters. The Morgan fingerprint density at radius 3 is 1.32 bits per heavy atom. The van der Waals surface area contributed by atoms with Gasteiger partial charge in [0.05, 0.1) is 10.7 Å². The zero-order valence-electron chi connectivity index (χ0n) is 13.5. The first-order valence-corrected chi connectivity index (χ1v) is 7.06. The molecule has 0 spiro atoms. The highest BCUT2D eigenvalue weighted by Crippen LogP contribution is 2.24. The van der Waals surface area contributed by atoms with Crippen molar-refractivity contribution in [3.63, 3.8) is 0 Å². The second-order valence-corrected chi connectivity index (χ2v) is 8.08. The van der Waals surface area contributed by atoms with Gasteiger partial charge in [-0.25, -0.2) is 0 Å². The van der Waals surface area contributed by atoms with E-state index in [0.29, 0.717) is 0 Å². The van der Waals surface area contributed by atoms with Crippen LogP contribution in [0.1, 0.15) is 66.5 Å². The lowest BCUT2D eigenvalue weighted by atomic mass is 9.81. The maximum atomic E-state index is 4.86. The van der Waals surface area contributed by atoms with Gasteiger partial charge in [-0.3, -0.25) is 9.98 Å². The Hall–Kier alpha value is -1.18. The molecular weight excluding hydrogens is 232 g/mol. The van der Waals surface area contributed by atoms with Crippen LogP contribution in [0, 0.1) is 0 Å². The Kier molecular flexibility index (Phi) is 2.93. The van der Waals surface area contributed by atoms with Crippen molar-refractivity contribution in [2.24, 2.45) is 9.98 Å². The summed E-state index contributed by atoms with van der Waals surface area (Å²) in [5, 5.41) is 2.20. The van der Waals surface area contributed by atoms with Crippen molar-refractivity contribution in [1.29, 1.82) is 0 Å². The average molecular weight is 258 g/mol. The van der Waals surface area contributed by atoms with Crippen molar-refractivity contribution in [3.8, 4) is 0 Å². The lowest BCUT2D eigenvalue weighted by molar-refractivity contribution is 0.539. The molecule has 0 aliphatic carbocycles. The third-order valence-electron chi connectivity index (χ3n) is 3.54. The lowest BCUT2D eigenvalue weighted by Gasteiger charge is -2.23. The summed E-state index contributed by atoms with van der Waals surface area (Å²) >= 11 is 0. The summed E-state index contributed by atoms with van der Waals surface area (Å²) in [6.07, 6.45) is 0. The molecule has 0 fully saturated rings. The normalized spacial score (nSPS) is 17.7. The van der Waals surface area contributed by atoms with E-state index >= 15 is 0 Å². The highest BCUT2D eigenvalue weighted by Gasteiger charge is 2.28. The molecular formula is C17H26N2. The van der Waals surface area contributed by atoms with Gasteiger partial charge in [0, 0.05) is 0 Å². The van der Waals surface area contributed by atoms with Gasteiger partial charge in [-0.05, 0) is 35.8 Å². The Morgan fingerprint density at radius 2 is 1.05 bits per heavy atom. The van der Waals surface area contributed by atoms with E-state index in [1.165, 1.54) is 11.1 Å². The fourth-order valence-corrected chi connectivity index (χ4v) is 2.59. The van der Waals surface area contributed by atoms with E-state index in [-0.39, 0.29) is 16.5 Å². The molecule has 104 valence electrons. The number of fused-ring (bicyclic) bond motifs is 1. The predicted octanol–water partition coefficient (Wildman–Crippen LogP) is 3.27. The second-order valence-electron chi connectivity index (χ2n) is 8.08. The van der Waals surface area contributed by atoms with Crippen LogP contribution in [-0.4, -0.2) is 5.66 Å². The predicted molar refractivity (Wildman–Crippen MR) is 80.2 cm³/mol. The highest BCUT2D eigenvalue weighted by molar-refractivity contribution is 5.32. The van der Waals surface area contributed by atoms with Crippen LogP contribution in [0.2, 0.25) is 0 Å². The van der Waals surface area contributed by atoms with E-state index in [2.05, 4.69) is 67.5 Å². The molecule has 2 heteroatoms. The van der Waals surface area contributed by atoms with Crippen molar-refractivity contribution in [1.82, 2.24) is 0 Å². The van der Waals surface area contributed by atoms with Gasteiger partial charge < -0.3 is 0 Å². The summed E-state index contributed by atoms with van der Waals surface area (Å²) in [4.78, 5) is 9.72. The van der Waals surface area contributed by atoms with Gasteiger partial charge in [-0.1, -0.05) is 53.7 Å². The lowest BCUT2D eigenvalue weighted by Crippen LogP contribution is -2.38. The van der Waals surface area contributed by atoms with Gasteiger partial charge >= 0.3 is 0 Å². The zero-order valence-corrected chi connectivity index (χ0v) is 13.5. The fraction of sp³-hybridized carbons (Fsp3) is 0.647. The molecule has 1 aromatic rings. The molecule has 0 saturated heterocycles. The zero-order chi connectivity index (χ0) is 14.6.